The van der Waals surface area contributed by atoms with E-state index in [0.717, 1.165) is 0 Å². The van der Waals surface area contributed by atoms with Gasteiger partial charge >= 0.3 is 5.97 Å². The second-order valence-corrected chi connectivity index (χ2v) is 7.50. The molecule has 13 heteroatoms. The highest BCUT2D eigenvalue weighted by molar-refractivity contribution is 5.95. The van der Waals surface area contributed by atoms with Crippen molar-refractivity contribution in [1.82, 2.24) is 16.0 Å². The first-order valence-electron chi connectivity index (χ1n) is 9.95. The zero-order valence-electron chi connectivity index (χ0n) is 18.1. The van der Waals surface area contributed by atoms with Crippen LogP contribution >= 0.6 is 0 Å². The van der Waals surface area contributed by atoms with Gasteiger partial charge in [0, 0.05) is 6.42 Å². The van der Waals surface area contributed by atoms with Gasteiger partial charge in [-0.25, -0.2) is 0 Å². The third-order valence-electron chi connectivity index (χ3n) is 4.56. The smallest absolute Gasteiger partial charge is 0.325 e. The zero-order chi connectivity index (χ0) is 25.3. The molecule has 5 atom stereocenters. The Morgan fingerprint density at radius 1 is 0.939 bits per heavy atom. The third kappa shape index (κ3) is 9.13. The molecule has 0 heterocycles. The maximum atomic E-state index is 12.8. The fourth-order valence-corrected chi connectivity index (χ4v) is 2.69. The van der Waals surface area contributed by atoms with Crippen LogP contribution < -0.4 is 27.4 Å². The van der Waals surface area contributed by atoms with Gasteiger partial charge < -0.3 is 42.7 Å². The van der Waals surface area contributed by atoms with Gasteiger partial charge in [0.25, 0.3) is 0 Å². The molecule has 13 nitrogen and oxygen atoms in total. The van der Waals surface area contributed by atoms with E-state index in [1.54, 1.807) is 0 Å². The number of benzene rings is 1. The van der Waals surface area contributed by atoms with Gasteiger partial charge in [0.2, 0.25) is 23.6 Å². The molecule has 0 aromatic heterocycles. The average molecular weight is 467 g/mol. The molecule has 1 aromatic carbocycles. The van der Waals surface area contributed by atoms with E-state index in [-0.39, 0.29) is 12.2 Å². The maximum absolute atomic E-state index is 12.8. The van der Waals surface area contributed by atoms with Crippen LogP contribution in [0.25, 0.3) is 0 Å². The van der Waals surface area contributed by atoms with Crippen LogP contribution in [-0.2, 0) is 30.4 Å². The number of hydrogen-bond acceptors (Lipinski definition) is 8. The van der Waals surface area contributed by atoms with Crippen LogP contribution in [0, 0.1) is 0 Å². The van der Waals surface area contributed by atoms with Crippen molar-refractivity contribution in [2.24, 2.45) is 11.5 Å². The number of carboxylic acid groups (broad SMARTS) is 1. The molecule has 5 unspecified atom stereocenters. The summed E-state index contributed by atoms with van der Waals surface area (Å²) in [5.41, 5.74) is 11.1. The van der Waals surface area contributed by atoms with Crippen LogP contribution in [0.1, 0.15) is 25.8 Å². The number of phenolic OH excluding ortho intramolecular Hbond substituents is 1. The van der Waals surface area contributed by atoms with E-state index in [1.165, 1.54) is 38.1 Å². The predicted molar refractivity (Wildman–Crippen MR) is 114 cm³/mol. The molecule has 0 saturated heterocycles. The number of rotatable bonds is 12. The minimum Gasteiger partial charge on any atom is -0.508 e. The normalized spacial score (nSPS) is 15.3. The Labute approximate surface area is 189 Å². The van der Waals surface area contributed by atoms with E-state index in [9.17, 15) is 34.2 Å². The first kappa shape index (κ1) is 27.3. The second-order valence-electron chi connectivity index (χ2n) is 7.50. The van der Waals surface area contributed by atoms with Crippen molar-refractivity contribution < 1.29 is 39.3 Å². The van der Waals surface area contributed by atoms with Gasteiger partial charge in [-0.1, -0.05) is 12.1 Å². The first-order chi connectivity index (χ1) is 15.3. The van der Waals surface area contributed by atoms with E-state index in [0.29, 0.717) is 5.56 Å². The lowest BCUT2D eigenvalue weighted by Gasteiger charge is -2.26. The molecule has 0 fully saturated rings. The van der Waals surface area contributed by atoms with Crippen LogP contribution in [0.2, 0.25) is 0 Å². The van der Waals surface area contributed by atoms with Crippen molar-refractivity contribution in [3.63, 3.8) is 0 Å². The Kier molecular flexibility index (Phi) is 10.2. The minimum atomic E-state index is -1.54. The Morgan fingerprint density at radius 2 is 1.52 bits per heavy atom. The molecule has 0 bridgehead atoms. The summed E-state index contributed by atoms with van der Waals surface area (Å²) in [5, 5.41) is 35.2. The highest BCUT2D eigenvalue weighted by atomic mass is 16.4. The number of hydrogen-bond donors (Lipinski definition) is 8. The zero-order valence-corrected chi connectivity index (χ0v) is 18.1. The molecule has 0 aliphatic carbocycles. The first-order valence-corrected chi connectivity index (χ1v) is 9.95. The van der Waals surface area contributed by atoms with Crippen molar-refractivity contribution >= 4 is 29.6 Å². The maximum Gasteiger partial charge on any atom is 0.325 e. The van der Waals surface area contributed by atoms with Crippen LogP contribution in [0.4, 0.5) is 0 Å². The quantitative estimate of drug-likeness (QED) is 0.157. The number of carbonyl (C=O) groups excluding carboxylic acids is 4. The lowest BCUT2D eigenvalue weighted by Crippen LogP contribution is -2.60. The summed E-state index contributed by atoms with van der Waals surface area (Å²) in [6, 6.07) is 0.290. The fraction of sp³-hybridized carbons (Fsp3) is 0.450. The van der Waals surface area contributed by atoms with Crippen LogP contribution in [0.5, 0.6) is 5.75 Å². The van der Waals surface area contributed by atoms with E-state index < -0.39 is 66.3 Å². The van der Waals surface area contributed by atoms with Gasteiger partial charge in [-0.3, -0.25) is 24.0 Å². The molecule has 0 saturated carbocycles. The van der Waals surface area contributed by atoms with Crippen LogP contribution in [-0.4, -0.2) is 75.2 Å². The summed E-state index contributed by atoms with van der Waals surface area (Å²) in [7, 11) is 0. The Hall–Kier alpha value is -3.71. The van der Waals surface area contributed by atoms with Crippen molar-refractivity contribution in [2.75, 3.05) is 0 Å². The van der Waals surface area contributed by atoms with Crippen LogP contribution in [0.3, 0.4) is 0 Å². The molecular formula is C20H29N5O8. The number of carboxylic acids is 1. The van der Waals surface area contributed by atoms with E-state index in [2.05, 4.69) is 16.0 Å². The van der Waals surface area contributed by atoms with Crippen LogP contribution in [0.15, 0.2) is 24.3 Å². The molecule has 1 rings (SSSR count). The Morgan fingerprint density at radius 3 is 2.00 bits per heavy atom. The fourth-order valence-electron chi connectivity index (χ4n) is 2.69. The van der Waals surface area contributed by atoms with E-state index in [4.69, 9.17) is 16.6 Å². The number of phenols is 1. The Balaban J connectivity index is 3.05. The minimum absolute atomic E-state index is 0.0209. The molecule has 0 aliphatic rings. The largest absolute Gasteiger partial charge is 0.508 e. The van der Waals surface area contributed by atoms with Gasteiger partial charge in [0.1, 0.15) is 23.9 Å². The number of aromatic hydroxyl groups is 1. The molecule has 33 heavy (non-hydrogen) atoms. The molecule has 4 amide bonds. The molecular weight excluding hydrogens is 438 g/mol. The number of carbonyl (C=O) groups is 5. The highest BCUT2D eigenvalue weighted by Gasteiger charge is 2.32. The topological polar surface area (TPSA) is 234 Å². The number of primary amides is 1. The summed E-state index contributed by atoms with van der Waals surface area (Å²) in [6.07, 6.45) is -1.99. The lowest BCUT2D eigenvalue weighted by atomic mass is 10.0. The monoisotopic (exact) mass is 467 g/mol. The number of aliphatic hydroxyl groups excluding tert-OH is 1. The molecule has 0 aliphatic heterocycles. The molecule has 0 spiro atoms. The molecule has 0 radical (unpaired) electrons. The summed E-state index contributed by atoms with van der Waals surface area (Å²) >= 11 is 0. The number of amides is 4. The summed E-state index contributed by atoms with van der Waals surface area (Å²) < 4.78 is 0. The van der Waals surface area contributed by atoms with Crippen molar-refractivity contribution in [3.05, 3.63) is 29.8 Å². The SMILES string of the molecule is CC(NC(=O)C(Cc1ccc(O)cc1)NC(=O)C(NC(=O)C(N)CC(N)=O)C(C)O)C(=O)O. The van der Waals surface area contributed by atoms with E-state index in [1.807, 2.05) is 0 Å². The number of aliphatic hydroxyl groups is 1. The van der Waals surface area contributed by atoms with Gasteiger partial charge in [0.15, 0.2) is 0 Å². The van der Waals surface area contributed by atoms with Gasteiger partial charge in [0.05, 0.1) is 18.6 Å². The molecule has 182 valence electrons. The van der Waals surface area contributed by atoms with Crippen molar-refractivity contribution in [2.45, 2.75) is 57.0 Å². The predicted octanol–water partition coefficient (Wildman–Crippen LogP) is -2.92. The van der Waals surface area contributed by atoms with Crippen molar-refractivity contribution in [1.29, 1.82) is 0 Å². The number of aliphatic carboxylic acids is 1. The number of nitrogens with one attached hydrogen (secondary N) is 3. The summed E-state index contributed by atoms with van der Waals surface area (Å²) in [6.45, 7) is 2.45. The van der Waals surface area contributed by atoms with Crippen molar-refractivity contribution in [3.8, 4) is 5.75 Å². The molecule has 10 N–H and O–H groups in total. The second kappa shape index (κ2) is 12.4. The Bertz CT molecular complexity index is 874. The summed E-state index contributed by atoms with van der Waals surface area (Å²) in [4.78, 5) is 59.6. The number of nitrogens with two attached hydrogens (primary N) is 2. The van der Waals surface area contributed by atoms with Gasteiger partial charge in [-0.05, 0) is 31.5 Å². The summed E-state index contributed by atoms with van der Waals surface area (Å²) in [5.74, 6) is -4.86. The van der Waals surface area contributed by atoms with Gasteiger partial charge in [-0.2, -0.15) is 0 Å². The van der Waals surface area contributed by atoms with Gasteiger partial charge in [-0.15, -0.1) is 0 Å². The standard InChI is InChI=1S/C20H29N5O8/c1-9(20(32)33)23-18(30)14(7-11-3-5-12(27)6-4-11)24-19(31)16(10(2)26)25-17(29)13(21)8-15(22)28/h3-6,9-10,13-14,16,26-27H,7-8,21H2,1-2H3,(H2,22,28)(H,23,30)(H,24,31)(H,25,29)(H,32,33). The third-order valence-corrected chi connectivity index (χ3v) is 4.56. The molecule has 1 aromatic rings. The highest BCUT2D eigenvalue weighted by Crippen LogP contribution is 2.12. The average Bonchev–Trinajstić information content (AvgIpc) is 2.71. The lowest BCUT2D eigenvalue weighted by molar-refractivity contribution is -0.142. The van der Waals surface area contributed by atoms with E-state index >= 15 is 0 Å².